The maximum atomic E-state index is 13.4. The van der Waals surface area contributed by atoms with Crippen molar-refractivity contribution in [3.8, 4) is 0 Å². The highest BCUT2D eigenvalue weighted by Crippen LogP contribution is 2.35. The number of nitro benzene ring substituents is 1. The predicted octanol–water partition coefficient (Wildman–Crippen LogP) is 5.20. The Morgan fingerprint density at radius 3 is 2.61 bits per heavy atom. The summed E-state index contributed by atoms with van der Waals surface area (Å²) in [5, 5.41) is 11.0. The molecule has 1 aromatic rings. The number of rotatable bonds is 3. The Bertz CT molecular complexity index is 911. The SMILES string of the molecule is CC1=CC(=O)C=CC=C(C2CCCCC2)N1C(=O)c1ccc([N+](=O)[O-])cc1Cl. The van der Waals surface area contributed by atoms with E-state index in [0.717, 1.165) is 31.4 Å². The third kappa shape index (κ3) is 4.22. The van der Waals surface area contributed by atoms with Crippen molar-refractivity contribution in [1.82, 2.24) is 4.90 Å². The van der Waals surface area contributed by atoms with Crippen molar-refractivity contribution in [2.24, 2.45) is 5.92 Å². The fourth-order valence-corrected chi connectivity index (χ4v) is 4.00. The van der Waals surface area contributed by atoms with Gasteiger partial charge in [0.2, 0.25) is 0 Å². The van der Waals surface area contributed by atoms with Gasteiger partial charge in [0, 0.05) is 29.6 Å². The summed E-state index contributed by atoms with van der Waals surface area (Å²) in [6.45, 7) is 1.71. The zero-order chi connectivity index (χ0) is 20.3. The van der Waals surface area contributed by atoms with Crippen LogP contribution in [0.25, 0.3) is 0 Å². The van der Waals surface area contributed by atoms with E-state index in [2.05, 4.69) is 0 Å². The van der Waals surface area contributed by atoms with Gasteiger partial charge in [-0.2, -0.15) is 0 Å². The second-order valence-electron chi connectivity index (χ2n) is 7.04. The lowest BCUT2D eigenvalue weighted by molar-refractivity contribution is -0.384. The third-order valence-electron chi connectivity index (χ3n) is 5.11. The van der Waals surface area contributed by atoms with Crippen molar-refractivity contribution in [1.29, 1.82) is 0 Å². The molecule has 0 bridgehead atoms. The van der Waals surface area contributed by atoms with Crippen LogP contribution in [0.1, 0.15) is 49.4 Å². The fourth-order valence-electron chi connectivity index (χ4n) is 3.74. The number of hydrogen-bond donors (Lipinski definition) is 0. The molecule has 1 aliphatic heterocycles. The summed E-state index contributed by atoms with van der Waals surface area (Å²) in [5.41, 5.74) is 1.32. The smallest absolute Gasteiger partial charge is 0.270 e. The number of carbonyl (C=O) groups is 2. The Kier molecular flexibility index (Phi) is 6.09. The van der Waals surface area contributed by atoms with E-state index in [-0.39, 0.29) is 28.0 Å². The van der Waals surface area contributed by atoms with Crippen LogP contribution < -0.4 is 0 Å². The van der Waals surface area contributed by atoms with Crippen molar-refractivity contribution in [3.63, 3.8) is 0 Å². The minimum absolute atomic E-state index is 0.0129. The van der Waals surface area contributed by atoms with Gasteiger partial charge in [-0.3, -0.25) is 24.6 Å². The molecule has 0 atom stereocenters. The molecule has 28 heavy (non-hydrogen) atoms. The largest absolute Gasteiger partial charge is 0.290 e. The summed E-state index contributed by atoms with van der Waals surface area (Å²) in [7, 11) is 0. The summed E-state index contributed by atoms with van der Waals surface area (Å²) < 4.78 is 0. The van der Waals surface area contributed by atoms with Crippen LogP contribution in [-0.4, -0.2) is 21.5 Å². The zero-order valence-corrected chi connectivity index (χ0v) is 16.3. The molecule has 1 heterocycles. The predicted molar refractivity (Wildman–Crippen MR) is 107 cm³/mol. The fraction of sp³-hybridized carbons (Fsp3) is 0.333. The normalized spacial score (nSPS) is 18.2. The van der Waals surface area contributed by atoms with Crippen molar-refractivity contribution in [3.05, 3.63) is 74.6 Å². The maximum absolute atomic E-state index is 13.4. The molecular weight excluding hydrogens is 380 g/mol. The summed E-state index contributed by atoms with van der Waals surface area (Å²) in [6, 6.07) is 3.80. The Labute approximate surface area is 168 Å². The van der Waals surface area contributed by atoms with Crippen LogP contribution in [0, 0.1) is 16.0 Å². The second-order valence-corrected chi connectivity index (χ2v) is 7.44. The first-order valence-electron chi connectivity index (χ1n) is 9.27. The molecule has 0 saturated heterocycles. The van der Waals surface area contributed by atoms with Crippen LogP contribution in [-0.2, 0) is 4.79 Å². The van der Waals surface area contributed by atoms with Gasteiger partial charge < -0.3 is 0 Å². The van der Waals surface area contributed by atoms with Crippen LogP contribution in [0.3, 0.4) is 0 Å². The third-order valence-corrected chi connectivity index (χ3v) is 5.42. The van der Waals surface area contributed by atoms with Crippen LogP contribution in [0.15, 0.2) is 53.9 Å². The number of halogens is 1. The van der Waals surface area contributed by atoms with Gasteiger partial charge >= 0.3 is 0 Å². The zero-order valence-electron chi connectivity index (χ0n) is 15.6. The molecule has 2 aliphatic rings. The van der Waals surface area contributed by atoms with Gasteiger partial charge in [-0.1, -0.05) is 36.9 Å². The van der Waals surface area contributed by atoms with E-state index in [1.807, 2.05) is 6.08 Å². The molecule has 3 rings (SSSR count). The summed E-state index contributed by atoms with van der Waals surface area (Å²) in [4.78, 5) is 37.3. The molecule has 1 aromatic carbocycles. The molecule has 146 valence electrons. The molecular formula is C21H21ClN2O4. The molecule has 1 fully saturated rings. The molecule has 1 aliphatic carbocycles. The highest BCUT2D eigenvalue weighted by atomic mass is 35.5. The van der Waals surface area contributed by atoms with E-state index in [1.54, 1.807) is 13.0 Å². The number of carbonyl (C=O) groups excluding carboxylic acids is 2. The molecule has 0 aromatic heterocycles. The number of allylic oxidation sites excluding steroid dienone is 6. The lowest BCUT2D eigenvalue weighted by Gasteiger charge is -2.34. The lowest BCUT2D eigenvalue weighted by Crippen LogP contribution is -2.33. The average molecular weight is 401 g/mol. The number of nitrogens with zero attached hydrogens (tertiary/aromatic N) is 2. The number of ketones is 1. The van der Waals surface area contributed by atoms with Gasteiger partial charge in [0.05, 0.1) is 15.5 Å². The molecule has 0 radical (unpaired) electrons. The van der Waals surface area contributed by atoms with Crippen molar-refractivity contribution in [2.45, 2.75) is 39.0 Å². The lowest BCUT2D eigenvalue weighted by atomic mass is 9.85. The van der Waals surface area contributed by atoms with E-state index in [4.69, 9.17) is 11.6 Å². The van der Waals surface area contributed by atoms with E-state index in [9.17, 15) is 19.7 Å². The molecule has 0 N–H and O–H groups in total. The molecule has 0 spiro atoms. The van der Waals surface area contributed by atoms with Crippen LogP contribution in [0.4, 0.5) is 5.69 Å². The van der Waals surface area contributed by atoms with Gasteiger partial charge in [-0.25, -0.2) is 0 Å². The Balaban J connectivity index is 2.05. The number of non-ortho nitro benzene ring substituents is 1. The average Bonchev–Trinajstić information content (AvgIpc) is 2.66. The second kappa shape index (κ2) is 8.52. The topological polar surface area (TPSA) is 80.5 Å². The van der Waals surface area contributed by atoms with Crippen LogP contribution in [0.2, 0.25) is 5.02 Å². The van der Waals surface area contributed by atoms with E-state index < -0.39 is 10.8 Å². The molecule has 0 unspecified atom stereocenters. The number of nitro groups is 1. The Hall–Kier alpha value is -2.73. The Morgan fingerprint density at radius 1 is 1.25 bits per heavy atom. The highest BCUT2D eigenvalue weighted by molar-refractivity contribution is 6.34. The molecule has 6 nitrogen and oxygen atoms in total. The molecule has 1 amide bonds. The van der Waals surface area contributed by atoms with Crippen LogP contribution >= 0.6 is 11.6 Å². The van der Waals surface area contributed by atoms with Gasteiger partial charge in [0.25, 0.3) is 11.6 Å². The van der Waals surface area contributed by atoms with Gasteiger partial charge in [-0.15, -0.1) is 0 Å². The van der Waals surface area contributed by atoms with E-state index in [0.29, 0.717) is 5.70 Å². The summed E-state index contributed by atoms with van der Waals surface area (Å²) in [5.74, 6) is -0.395. The monoisotopic (exact) mass is 400 g/mol. The van der Waals surface area contributed by atoms with Gasteiger partial charge in [0.15, 0.2) is 5.78 Å². The first-order valence-corrected chi connectivity index (χ1v) is 9.65. The summed E-state index contributed by atoms with van der Waals surface area (Å²) >= 11 is 6.20. The van der Waals surface area contributed by atoms with E-state index in [1.165, 1.54) is 41.7 Å². The first kappa shape index (κ1) is 20.0. The van der Waals surface area contributed by atoms with Gasteiger partial charge in [0.1, 0.15) is 0 Å². The van der Waals surface area contributed by atoms with Crippen molar-refractivity contribution < 1.29 is 14.5 Å². The van der Waals surface area contributed by atoms with Crippen LogP contribution in [0.5, 0.6) is 0 Å². The quantitative estimate of drug-likeness (QED) is 0.516. The minimum atomic E-state index is -0.557. The minimum Gasteiger partial charge on any atom is -0.290 e. The maximum Gasteiger partial charge on any atom is 0.270 e. The molecule has 1 saturated carbocycles. The molecule has 7 heteroatoms. The van der Waals surface area contributed by atoms with Crippen molar-refractivity contribution >= 4 is 29.0 Å². The van der Waals surface area contributed by atoms with Gasteiger partial charge in [-0.05, 0) is 43.9 Å². The number of amides is 1. The Morgan fingerprint density at radius 2 is 1.96 bits per heavy atom. The number of hydrogen-bond acceptors (Lipinski definition) is 4. The standard InChI is InChI=1S/C21H21ClN2O4/c1-14-12-17(25)8-5-9-20(15-6-3-2-4-7-15)23(14)21(26)18-11-10-16(24(27)28)13-19(18)22/h5,8-13,15H,2-4,6-7H2,1H3. The summed E-state index contributed by atoms with van der Waals surface area (Å²) in [6.07, 6.45) is 11.7. The number of benzene rings is 1. The van der Waals surface area contributed by atoms with E-state index >= 15 is 0 Å². The highest BCUT2D eigenvalue weighted by Gasteiger charge is 2.30. The first-order chi connectivity index (χ1) is 13.4. The van der Waals surface area contributed by atoms with Crippen molar-refractivity contribution in [2.75, 3.05) is 0 Å².